The molecule has 1 amide bonds. The van der Waals surface area contributed by atoms with Crippen molar-refractivity contribution in [3.05, 3.63) is 64.7 Å². The first-order valence-corrected chi connectivity index (χ1v) is 7.07. The first-order valence-electron chi connectivity index (χ1n) is 7.07. The molecule has 0 unspecified atom stereocenters. The molecule has 2 aromatic carbocycles. The van der Waals surface area contributed by atoms with E-state index in [4.69, 9.17) is 4.74 Å². The summed E-state index contributed by atoms with van der Waals surface area (Å²) in [6.45, 7) is 6.68. The van der Waals surface area contributed by atoms with Crippen LogP contribution in [0.15, 0.2) is 42.5 Å². The maximum atomic E-state index is 11.8. The average molecular weight is 283 g/mol. The Morgan fingerprint density at radius 1 is 1.00 bits per heavy atom. The summed E-state index contributed by atoms with van der Waals surface area (Å²) in [5.41, 5.74) is 4.67. The van der Waals surface area contributed by atoms with E-state index in [0.717, 1.165) is 16.9 Å². The van der Waals surface area contributed by atoms with Crippen LogP contribution in [-0.4, -0.2) is 12.5 Å². The second-order valence-electron chi connectivity index (χ2n) is 5.24. The van der Waals surface area contributed by atoms with E-state index in [9.17, 15) is 4.79 Å². The predicted molar refractivity (Wildman–Crippen MR) is 84.4 cm³/mol. The largest absolute Gasteiger partial charge is 0.484 e. The maximum absolute atomic E-state index is 11.8. The molecule has 0 aromatic heterocycles. The van der Waals surface area contributed by atoms with E-state index in [2.05, 4.69) is 5.32 Å². The normalized spacial score (nSPS) is 10.2. The number of hydrogen-bond donors (Lipinski definition) is 1. The van der Waals surface area contributed by atoms with Crippen molar-refractivity contribution >= 4 is 5.91 Å². The smallest absolute Gasteiger partial charge is 0.258 e. The quantitative estimate of drug-likeness (QED) is 0.914. The van der Waals surface area contributed by atoms with Crippen LogP contribution in [0.5, 0.6) is 5.75 Å². The molecule has 2 aromatic rings. The summed E-state index contributed by atoms with van der Waals surface area (Å²) >= 11 is 0. The first-order chi connectivity index (χ1) is 10.1. The van der Waals surface area contributed by atoms with Gasteiger partial charge in [-0.15, -0.1) is 0 Å². The fraction of sp³-hybridized carbons (Fsp3) is 0.278. The molecule has 0 radical (unpaired) electrons. The Morgan fingerprint density at radius 2 is 1.76 bits per heavy atom. The number of amides is 1. The summed E-state index contributed by atoms with van der Waals surface area (Å²) in [6, 6.07) is 13.8. The summed E-state index contributed by atoms with van der Waals surface area (Å²) in [5, 5.41) is 2.87. The van der Waals surface area contributed by atoms with Gasteiger partial charge >= 0.3 is 0 Å². The second-order valence-corrected chi connectivity index (χ2v) is 5.24. The summed E-state index contributed by atoms with van der Waals surface area (Å²) in [7, 11) is 0. The molecule has 0 fully saturated rings. The molecule has 2 rings (SSSR count). The molecule has 0 aliphatic rings. The molecule has 0 bridgehead atoms. The molecule has 3 heteroatoms. The third-order valence-electron chi connectivity index (χ3n) is 3.59. The Balaban J connectivity index is 1.82. The molecule has 3 nitrogen and oxygen atoms in total. The Hall–Kier alpha value is -2.29. The van der Waals surface area contributed by atoms with E-state index in [1.165, 1.54) is 11.1 Å². The molecule has 0 heterocycles. The minimum Gasteiger partial charge on any atom is -0.484 e. The van der Waals surface area contributed by atoms with E-state index in [1.807, 2.05) is 63.2 Å². The molecule has 1 N–H and O–H groups in total. The molecule has 0 aliphatic carbocycles. The molecule has 0 saturated heterocycles. The first kappa shape index (κ1) is 15.1. The van der Waals surface area contributed by atoms with Gasteiger partial charge in [0.05, 0.1) is 0 Å². The highest BCUT2D eigenvalue weighted by atomic mass is 16.5. The highest BCUT2D eigenvalue weighted by Crippen LogP contribution is 2.16. The van der Waals surface area contributed by atoms with Gasteiger partial charge in [0.2, 0.25) is 0 Å². The lowest BCUT2D eigenvalue weighted by Crippen LogP contribution is -2.28. The molecular weight excluding hydrogens is 262 g/mol. The van der Waals surface area contributed by atoms with Crippen LogP contribution in [0.25, 0.3) is 0 Å². The van der Waals surface area contributed by atoms with Crippen molar-refractivity contribution < 1.29 is 9.53 Å². The topological polar surface area (TPSA) is 38.3 Å². The average Bonchev–Trinajstić information content (AvgIpc) is 2.47. The van der Waals surface area contributed by atoms with Crippen molar-refractivity contribution in [2.24, 2.45) is 0 Å². The third kappa shape index (κ3) is 4.35. The molecule has 110 valence electrons. The standard InChI is InChI=1S/C18H21NO2/c1-13-8-9-17(10-15(13)3)21-12-18(20)19-11-16-7-5-4-6-14(16)2/h4-10H,11-12H2,1-3H3,(H,19,20). The Labute approximate surface area is 126 Å². The van der Waals surface area contributed by atoms with Gasteiger partial charge in [0.1, 0.15) is 5.75 Å². The van der Waals surface area contributed by atoms with Crippen molar-refractivity contribution in [2.75, 3.05) is 6.61 Å². The van der Waals surface area contributed by atoms with Gasteiger partial charge in [-0.25, -0.2) is 0 Å². The second kappa shape index (κ2) is 6.93. The number of rotatable bonds is 5. The van der Waals surface area contributed by atoms with Crippen LogP contribution in [0.2, 0.25) is 0 Å². The zero-order valence-electron chi connectivity index (χ0n) is 12.8. The summed E-state index contributed by atoms with van der Waals surface area (Å²) < 4.78 is 5.51. The van der Waals surface area contributed by atoms with Crippen molar-refractivity contribution in [1.29, 1.82) is 0 Å². The Kier molecular flexibility index (Phi) is 4.99. The predicted octanol–water partition coefficient (Wildman–Crippen LogP) is 3.31. The molecule has 0 atom stereocenters. The van der Waals surface area contributed by atoms with Crippen LogP contribution in [0.1, 0.15) is 22.3 Å². The van der Waals surface area contributed by atoms with Gasteiger partial charge < -0.3 is 10.1 Å². The maximum Gasteiger partial charge on any atom is 0.258 e. The van der Waals surface area contributed by atoms with Gasteiger partial charge in [-0.1, -0.05) is 30.3 Å². The number of carbonyl (C=O) groups excluding carboxylic acids is 1. The minimum absolute atomic E-state index is 0.0361. The van der Waals surface area contributed by atoms with Crippen LogP contribution >= 0.6 is 0 Å². The van der Waals surface area contributed by atoms with Crippen LogP contribution < -0.4 is 10.1 Å². The zero-order chi connectivity index (χ0) is 15.2. The summed E-state index contributed by atoms with van der Waals surface area (Å²) in [4.78, 5) is 11.8. The van der Waals surface area contributed by atoms with Gasteiger partial charge in [0, 0.05) is 6.54 Å². The van der Waals surface area contributed by atoms with Crippen LogP contribution in [0.4, 0.5) is 0 Å². The number of benzene rings is 2. The third-order valence-corrected chi connectivity index (χ3v) is 3.59. The summed E-state index contributed by atoms with van der Waals surface area (Å²) in [6.07, 6.45) is 0. The van der Waals surface area contributed by atoms with Gasteiger partial charge in [-0.3, -0.25) is 4.79 Å². The van der Waals surface area contributed by atoms with Gasteiger partial charge in [-0.05, 0) is 55.2 Å². The van der Waals surface area contributed by atoms with E-state index in [1.54, 1.807) is 0 Å². The van der Waals surface area contributed by atoms with Crippen LogP contribution in [0, 0.1) is 20.8 Å². The fourth-order valence-corrected chi connectivity index (χ4v) is 2.01. The van der Waals surface area contributed by atoms with Crippen LogP contribution in [0.3, 0.4) is 0 Å². The SMILES string of the molecule is Cc1ccc(OCC(=O)NCc2ccccc2C)cc1C. The minimum atomic E-state index is -0.114. The number of ether oxygens (including phenoxy) is 1. The lowest BCUT2D eigenvalue weighted by Gasteiger charge is -2.10. The number of hydrogen-bond acceptors (Lipinski definition) is 2. The van der Waals surface area contributed by atoms with E-state index >= 15 is 0 Å². The summed E-state index contributed by atoms with van der Waals surface area (Å²) in [5.74, 6) is 0.612. The molecule has 0 aliphatic heterocycles. The monoisotopic (exact) mass is 283 g/mol. The lowest BCUT2D eigenvalue weighted by atomic mass is 10.1. The Bertz CT molecular complexity index is 635. The van der Waals surface area contributed by atoms with Gasteiger partial charge in [0.25, 0.3) is 5.91 Å². The van der Waals surface area contributed by atoms with Gasteiger partial charge in [0.15, 0.2) is 6.61 Å². The fourth-order valence-electron chi connectivity index (χ4n) is 2.01. The van der Waals surface area contributed by atoms with Crippen molar-refractivity contribution in [2.45, 2.75) is 27.3 Å². The van der Waals surface area contributed by atoms with Crippen LogP contribution in [-0.2, 0) is 11.3 Å². The molecule has 0 saturated carbocycles. The molecular formula is C18H21NO2. The number of aryl methyl sites for hydroxylation is 3. The lowest BCUT2D eigenvalue weighted by molar-refractivity contribution is -0.123. The zero-order valence-corrected chi connectivity index (χ0v) is 12.8. The highest BCUT2D eigenvalue weighted by Gasteiger charge is 2.04. The van der Waals surface area contributed by atoms with Gasteiger partial charge in [-0.2, -0.15) is 0 Å². The Morgan fingerprint density at radius 3 is 2.48 bits per heavy atom. The van der Waals surface area contributed by atoms with Crippen molar-refractivity contribution in [1.82, 2.24) is 5.32 Å². The van der Waals surface area contributed by atoms with E-state index in [-0.39, 0.29) is 12.5 Å². The van der Waals surface area contributed by atoms with E-state index < -0.39 is 0 Å². The van der Waals surface area contributed by atoms with Crippen molar-refractivity contribution in [3.63, 3.8) is 0 Å². The molecule has 21 heavy (non-hydrogen) atoms. The molecule has 0 spiro atoms. The number of carbonyl (C=O) groups is 1. The number of nitrogens with one attached hydrogen (secondary N) is 1. The van der Waals surface area contributed by atoms with Crippen molar-refractivity contribution in [3.8, 4) is 5.75 Å². The highest BCUT2D eigenvalue weighted by molar-refractivity contribution is 5.77. The van der Waals surface area contributed by atoms with E-state index in [0.29, 0.717) is 6.54 Å².